The number of amides is 1. The molecule has 0 bridgehead atoms. The fourth-order valence-corrected chi connectivity index (χ4v) is 3.45. The zero-order valence-corrected chi connectivity index (χ0v) is 16.3. The van der Waals surface area contributed by atoms with Crippen LogP contribution in [0.25, 0.3) is 11.3 Å². The Morgan fingerprint density at radius 2 is 1.72 bits per heavy atom. The second-order valence-corrected chi connectivity index (χ2v) is 7.07. The summed E-state index contributed by atoms with van der Waals surface area (Å²) < 4.78 is 10.9. The molecule has 1 saturated carbocycles. The van der Waals surface area contributed by atoms with E-state index in [9.17, 15) is 4.79 Å². The Kier molecular flexibility index (Phi) is 5.70. The summed E-state index contributed by atoms with van der Waals surface area (Å²) in [6.45, 7) is 0. The second kappa shape index (κ2) is 8.73. The number of carbonyl (C=O) groups excluding carboxylic acids is 1. The monoisotopic (exact) mass is 389 g/mol. The summed E-state index contributed by atoms with van der Waals surface area (Å²) in [4.78, 5) is 12.3. The van der Waals surface area contributed by atoms with E-state index in [2.05, 4.69) is 15.5 Å². The van der Waals surface area contributed by atoms with Crippen molar-refractivity contribution in [1.82, 2.24) is 15.5 Å². The van der Waals surface area contributed by atoms with Gasteiger partial charge in [-0.3, -0.25) is 4.79 Å². The van der Waals surface area contributed by atoms with Crippen LogP contribution >= 0.6 is 0 Å². The van der Waals surface area contributed by atoms with Gasteiger partial charge in [0, 0.05) is 29.3 Å². The minimum atomic E-state index is -0.0171. The van der Waals surface area contributed by atoms with Gasteiger partial charge in [0.1, 0.15) is 11.5 Å². The van der Waals surface area contributed by atoms with Crippen molar-refractivity contribution < 1.29 is 14.3 Å². The first-order valence-electron chi connectivity index (χ1n) is 9.78. The third-order valence-electron chi connectivity index (χ3n) is 5.04. The molecule has 1 fully saturated rings. The molecular weight excluding hydrogens is 366 g/mol. The molecule has 0 radical (unpaired) electrons. The number of hydrogen-bond acceptors (Lipinski definition) is 5. The van der Waals surface area contributed by atoms with Gasteiger partial charge in [-0.2, -0.15) is 0 Å². The number of ether oxygens (including phenoxy) is 2. The zero-order chi connectivity index (χ0) is 20.1. The minimum absolute atomic E-state index is 0.0171. The van der Waals surface area contributed by atoms with Gasteiger partial charge < -0.3 is 14.8 Å². The minimum Gasteiger partial charge on any atom is -0.497 e. The van der Waals surface area contributed by atoms with E-state index in [1.807, 2.05) is 48.5 Å². The average molecular weight is 389 g/mol. The fourth-order valence-electron chi connectivity index (χ4n) is 3.45. The van der Waals surface area contributed by atoms with E-state index in [1.165, 1.54) is 12.8 Å². The molecule has 6 nitrogen and oxygen atoms in total. The predicted molar refractivity (Wildman–Crippen MR) is 110 cm³/mol. The van der Waals surface area contributed by atoms with Gasteiger partial charge in [-0.15, -0.1) is 10.2 Å². The average Bonchev–Trinajstić information content (AvgIpc) is 3.27. The highest BCUT2D eigenvalue weighted by Crippen LogP contribution is 2.25. The molecule has 1 aliphatic carbocycles. The van der Waals surface area contributed by atoms with Crippen LogP contribution in [0.15, 0.2) is 60.7 Å². The van der Waals surface area contributed by atoms with Crippen LogP contribution < -0.4 is 14.8 Å². The van der Waals surface area contributed by atoms with E-state index in [4.69, 9.17) is 9.47 Å². The van der Waals surface area contributed by atoms with Gasteiger partial charge in [-0.05, 0) is 43.2 Å². The molecule has 1 heterocycles. The molecule has 0 atom stereocenters. The van der Waals surface area contributed by atoms with Crippen molar-refractivity contribution in [3.8, 4) is 28.6 Å². The fraction of sp³-hybridized carbons (Fsp3) is 0.261. The van der Waals surface area contributed by atoms with Crippen LogP contribution in [0.3, 0.4) is 0 Å². The maximum atomic E-state index is 12.3. The molecule has 6 heteroatoms. The van der Waals surface area contributed by atoms with Gasteiger partial charge in [-0.25, -0.2) is 0 Å². The highest BCUT2D eigenvalue weighted by Gasteiger charge is 2.18. The van der Waals surface area contributed by atoms with Crippen molar-refractivity contribution in [1.29, 1.82) is 0 Å². The first-order valence-corrected chi connectivity index (χ1v) is 9.78. The number of hydrogen-bond donors (Lipinski definition) is 1. The Bertz CT molecular complexity index is 965. The standard InChI is InChI=1S/C23H23N3O3/c1-28-19-7-4-8-20(15-19)29-22-14-13-21(25-26-22)16-9-11-17(12-10-16)23(27)24-18-5-2-3-6-18/h4,7-15,18H,2-3,5-6H2,1H3,(H,24,27). The number of nitrogens with zero attached hydrogens (tertiary/aromatic N) is 2. The third kappa shape index (κ3) is 4.71. The number of rotatable bonds is 6. The molecule has 148 valence electrons. The highest BCUT2D eigenvalue weighted by atomic mass is 16.5. The first-order chi connectivity index (χ1) is 14.2. The third-order valence-corrected chi connectivity index (χ3v) is 5.04. The number of carbonyl (C=O) groups is 1. The van der Waals surface area contributed by atoms with Crippen LogP contribution in [0.4, 0.5) is 0 Å². The van der Waals surface area contributed by atoms with E-state index in [1.54, 1.807) is 19.2 Å². The Balaban J connectivity index is 1.41. The van der Waals surface area contributed by atoms with Gasteiger partial charge in [0.15, 0.2) is 0 Å². The molecule has 4 rings (SSSR count). The lowest BCUT2D eigenvalue weighted by Gasteiger charge is -2.12. The second-order valence-electron chi connectivity index (χ2n) is 7.07. The molecule has 0 spiro atoms. The lowest BCUT2D eigenvalue weighted by Crippen LogP contribution is -2.32. The molecule has 0 aliphatic heterocycles. The van der Waals surface area contributed by atoms with Crippen molar-refractivity contribution in [3.63, 3.8) is 0 Å². The maximum Gasteiger partial charge on any atom is 0.251 e. The lowest BCUT2D eigenvalue weighted by atomic mass is 10.1. The molecule has 1 N–H and O–H groups in total. The molecule has 2 aromatic carbocycles. The van der Waals surface area contributed by atoms with Gasteiger partial charge in [0.25, 0.3) is 5.91 Å². The lowest BCUT2D eigenvalue weighted by molar-refractivity contribution is 0.0938. The van der Waals surface area contributed by atoms with E-state index < -0.39 is 0 Å². The van der Waals surface area contributed by atoms with Crippen molar-refractivity contribution in [2.45, 2.75) is 31.7 Å². The van der Waals surface area contributed by atoms with Crippen LogP contribution in [0, 0.1) is 0 Å². The van der Waals surface area contributed by atoms with E-state index >= 15 is 0 Å². The van der Waals surface area contributed by atoms with Crippen LogP contribution in [-0.2, 0) is 0 Å². The SMILES string of the molecule is COc1cccc(Oc2ccc(-c3ccc(C(=O)NC4CCCC4)cc3)nn2)c1. The predicted octanol–water partition coefficient (Wildman–Crippen LogP) is 4.62. The Morgan fingerprint density at radius 1 is 0.966 bits per heavy atom. The first kappa shape index (κ1) is 18.9. The van der Waals surface area contributed by atoms with Crippen molar-refractivity contribution in [2.75, 3.05) is 7.11 Å². The van der Waals surface area contributed by atoms with Crippen LogP contribution in [0.1, 0.15) is 36.0 Å². The van der Waals surface area contributed by atoms with Crippen molar-refractivity contribution in [3.05, 3.63) is 66.2 Å². The number of benzene rings is 2. The van der Waals surface area contributed by atoms with E-state index in [0.29, 0.717) is 34.7 Å². The maximum absolute atomic E-state index is 12.3. The Morgan fingerprint density at radius 3 is 2.41 bits per heavy atom. The molecule has 1 amide bonds. The van der Waals surface area contributed by atoms with Gasteiger partial charge >= 0.3 is 0 Å². The van der Waals surface area contributed by atoms with E-state index in [-0.39, 0.29) is 5.91 Å². The van der Waals surface area contributed by atoms with Crippen LogP contribution in [0.5, 0.6) is 17.4 Å². The quantitative estimate of drug-likeness (QED) is 0.666. The molecule has 1 aromatic heterocycles. The van der Waals surface area contributed by atoms with Gasteiger partial charge in [-0.1, -0.05) is 31.0 Å². The topological polar surface area (TPSA) is 73.3 Å². The van der Waals surface area contributed by atoms with E-state index in [0.717, 1.165) is 18.4 Å². The summed E-state index contributed by atoms with van der Waals surface area (Å²) in [7, 11) is 1.61. The Labute approximate surface area is 169 Å². The molecule has 0 saturated heterocycles. The molecule has 3 aromatic rings. The number of methoxy groups -OCH3 is 1. The highest BCUT2D eigenvalue weighted by molar-refractivity contribution is 5.94. The summed E-state index contributed by atoms with van der Waals surface area (Å²) >= 11 is 0. The Hall–Kier alpha value is -3.41. The van der Waals surface area contributed by atoms with Crippen LogP contribution in [0.2, 0.25) is 0 Å². The molecule has 0 unspecified atom stereocenters. The zero-order valence-electron chi connectivity index (χ0n) is 16.3. The van der Waals surface area contributed by atoms with Crippen molar-refractivity contribution in [2.24, 2.45) is 0 Å². The normalized spacial score (nSPS) is 13.8. The summed E-state index contributed by atoms with van der Waals surface area (Å²) in [6.07, 6.45) is 4.54. The largest absolute Gasteiger partial charge is 0.497 e. The van der Waals surface area contributed by atoms with Crippen LogP contribution in [-0.4, -0.2) is 29.3 Å². The summed E-state index contributed by atoms with van der Waals surface area (Å²) in [5.41, 5.74) is 2.26. The van der Waals surface area contributed by atoms with Gasteiger partial charge in [0.05, 0.1) is 12.8 Å². The number of aromatic nitrogens is 2. The smallest absolute Gasteiger partial charge is 0.251 e. The molecular formula is C23H23N3O3. The summed E-state index contributed by atoms with van der Waals surface area (Å²) in [5.74, 6) is 1.72. The summed E-state index contributed by atoms with van der Waals surface area (Å²) in [6, 6.07) is 18.6. The number of nitrogens with one attached hydrogen (secondary N) is 1. The molecule has 1 aliphatic rings. The molecule has 29 heavy (non-hydrogen) atoms. The van der Waals surface area contributed by atoms with Crippen molar-refractivity contribution >= 4 is 5.91 Å². The van der Waals surface area contributed by atoms with Gasteiger partial charge in [0.2, 0.25) is 5.88 Å². The summed E-state index contributed by atoms with van der Waals surface area (Å²) in [5, 5.41) is 11.5.